The lowest BCUT2D eigenvalue weighted by Crippen LogP contribution is -2.37. The lowest BCUT2D eigenvalue weighted by atomic mass is 10.0. The maximum atomic E-state index is 13.3. The maximum Gasteiger partial charge on any atom is 0.244 e. The van der Waals surface area contributed by atoms with Crippen LogP contribution in [0, 0.1) is 0 Å². The minimum Gasteiger partial charge on any atom is -0.497 e. The standard InChI is InChI=1S/C26H31N3O4S/c1-28(2)21-11-9-20(10-12-21)24(29-16-15-19-7-5-6-8-23(19)29)18-27-34(30,31)26-17-22(32-3)13-14-25(26)33-4/h5-14,17,24,27H,15-16,18H2,1-4H3/t24-/m0/s1. The average Bonchev–Trinajstić information content (AvgIpc) is 3.28. The molecule has 3 aromatic rings. The summed E-state index contributed by atoms with van der Waals surface area (Å²) in [5.74, 6) is 0.720. The molecule has 0 saturated heterocycles. The van der Waals surface area contributed by atoms with E-state index in [0.717, 1.165) is 29.9 Å². The number of fused-ring (bicyclic) bond motifs is 1. The van der Waals surface area contributed by atoms with Crippen LogP contribution in [0.2, 0.25) is 0 Å². The molecule has 1 atom stereocenters. The van der Waals surface area contributed by atoms with Crippen molar-refractivity contribution in [2.24, 2.45) is 0 Å². The van der Waals surface area contributed by atoms with Gasteiger partial charge in [-0.25, -0.2) is 13.1 Å². The molecule has 3 aromatic carbocycles. The van der Waals surface area contributed by atoms with E-state index in [4.69, 9.17) is 9.47 Å². The molecule has 0 amide bonds. The molecule has 0 aliphatic carbocycles. The fourth-order valence-corrected chi connectivity index (χ4v) is 5.57. The number of para-hydroxylation sites is 1. The third-order valence-electron chi connectivity index (χ3n) is 6.22. The van der Waals surface area contributed by atoms with Gasteiger partial charge >= 0.3 is 0 Å². The molecule has 1 N–H and O–H groups in total. The van der Waals surface area contributed by atoms with Gasteiger partial charge in [0.2, 0.25) is 10.0 Å². The highest BCUT2D eigenvalue weighted by Gasteiger charge is 2.29. The van der Waals surface area contributed by atoms with E-state index >= 15 is 0 Å². The van der Waals surface area contributed by atoms with Crippen molar-refractivity contribution in [2.45, 2.75) is 17.4 Å². The molecule has 8 heteroatoms. The Kier molecular flexibility index (Phi) is 7.00. The summed E-state index contributed by atoms with van der Waals surface area (Å²) in [5.41, 5.74) is 4.55. The van der Waals surface area contributed by atoms with E-state index in [1.165, 1.54) is 25.8 Å². The quantitative estimate of drug-likeness (QED) is 0.501. The molecule has 0 bridgehead atoms. The lowest BCUT2D eigenvalue weighted by molar-refractivity contribution is 0.392. The number of benzene rings is 3. The van der Waals surface area contributed by atoms with Crippen molar-refractivity contribution in [3.63, 3.8) is 0 Å². The van der Waals surface area contributed by atoms with Gasteiger partial charge in [0.25, 0.3) is 0 Å². The minimum atomic E-state index is -3.86. The first-order valence-electron chi connectivity index (χ1n) is 11.2. The Bertz CT molecular complexity index is 1240. The van der Waals surface area contributed by atoms with Crippen molar-refractivity contribution in [2.75, 3.05) is 51.2 Å². The zero-order chi connectivity index (χ0) is 24.3. The number of methoxy groups -OCH3 is 2. The van der Waals surface area contributed by atoms with Crippen molar-refractivity contribution in [1.29, 1.82) is 0 Å². The van der Waals surface area contributed by atoms with Gasteiger partial charge in [0, 0.05) is 44.6 Å². The monoisotopic (exact) mass is 481 g/mol. The van der Waals surface area contributed by atoms with Gasteiger partial charge in [0.05, 0.1) is 20.3 Å². The molecule has 0 fully saturated rings. The molecule has 0 radical (unpaired) electrons. The average molecular weight is 482 g/mol. The molecule has 1 aliphatic rings. The largest absolute Gasteiger partial charge is 0.497 e. The number of hydrogen-bond donors (Lipinski definition) is 1. The van der Waals surface area contributed by atoms with E-state index in [-0.39, 0.29) is 23.2 Å². The lowest BCUT2D eigenvalue weighted by Gasteiger charge is -2.31. The summed E-state index contributed by atoms with van der Waals surface area (Å²) in [7, 11) is 3.10. The van der Waals surface area contributed by atoms with Gasteiger partial charge in [0.1, 0.15) is 16.4 Å². The molecular formula is C26H31N3O4S. The predicted octanol–water partition coefficient (Wildman–Crippen LogP) is 3.85. The van der Waals surface area contributed by atoms with E-state index in [1.54, 1.807) is 12.1 Å². The van der Waals surface area contributed by atoms with E-state index in [2.05, 4.69) is 46.0 Å². The zero-order valence-electron chi connectivity index (χ0n) is 20.0. The highest BCUT2D eigenvalue weighted by Crippen LogP contribution is 2.36. The van der Waals surface area contributed by atoms with E-state index in [9.17, 15) is 8.42 Å². The van der Waals surface area contributed by atoms with Crippen molar-refractivity contribution in [3.8, 4) is 11.5 Å². The van der Waals surface area contributed by atoms with Crippen molar-refractivity contribution in [1.82, 2.24) is 4.72 Å². The number of anilines is 2. The van der Waals surface area contributed by atoms with Crippen LogP contribution in [-0.2, 0) is 16.4 Å². The Morgan fingerprint density at radius 3 is 2.41 bits per heavy atom. The molecule has 0 unspecified atom stereocenters. The molecule has 0 saturated carbocycles. The van der Waals surface area contributed by atoms with Crippen LogP contribution >= 0.6 is 0 Å². The van der Waals surface area contributed by atoms with Crippen molar-refractivity contribution < 1.29 is 17.9 Å². The van der Waals surface area contributed by atoms with Gasteiger partial charge < -0.3 is 19.3 Å². The van der Waals surface area contributed by atoms with Crippen LogP contribution in [0.4, 0.5) is 11.4 Å². The number of ether oxygens (including phenoxy) is 2. The predicted molar refractivity (Wildman–Crippen MR) is 136 cm³/mol. The number of sulfonamides is 1. The number of rotatable bonds is 9. The van der Waals surface area contributed by atoms with Crippen LogP contribution in [0.1, 0.15) is 17.2 Å². The Morgan fingerprint density at radius 1 is 1.00 bits per heavy atom. The summed E-state index contributed by atoms with van der Waals surface area (Å²) < 4.78 is 40.1. The summed E-state index contributed by atoms with van der Waals surface area (Å²) in [6, 6.07) is 21.1. The van der Waals surface area contributed by atoms with Crippen LogP contribution in [0.15, 0.2) is 71.6 Å². The summed E-state index contributed by atoms with van der Waals surface area (Å²) in [5, 5.41) is 0. The van der Waals surface area contributed by atoms with Crippen molar-refractivity contribution >= 4 is 21.4 Å². The van der Waals surface area contributed by atoms with Gasteiger partial charge in [-0.3, -0.25) is 0 Å². The molecule has 7 nitrogen and oxygen atoms in total. The second kappa shape index (κ2) is 9.95. The maximum absolute atomic E-state index is 13.3. The fourth-order valence-electron chi connectivity index (χ4n) is 4.35. The second-order valence-electron chi connectivity index (χ2n) is 8.44. The van der Waals surface area contributed by atoms with Crippen LogP contribution in [0.5, 0.6) is 11.5 Å². The highest BCUT2D eigenvalue weighted by atomic mass is 32.2. The topological polar surface area (TPSA) is 71.1 Å². The van der Waals surface area contributed by atoms with E-state index < -0.39 is 10.0 Å². The van der Waals surface area contributed by atoms with Gasteiger partial charge in [-0.15, -0.1) is 0 Å². The third-order valence-corrected chi connectivity index (χ3v) is 7.67. The molecule has 1 heterocycles. The van der Waals surface area contributed by atoms with Gasteiger partial charge in [-0.1, -0.05) is 30.3 Å². The fraction of sp³-hybridized carbons (Fsp3) is 0.308. The number of hydrogen-bond acceptors (Lipinski definition) is 6. The normalized spacial score (nSPS) is 13.9. The van der Waals surface area contributed by atoms with E-state index in [0.29, 0.717) is 5.75 Å². The molecule has 0 aromatic heterocycles. The SMILES string of the molecule is COc1ccc(OC)c(S(=O)(=O)NC[C@@H](c2ccc(N(C)C)cc2)N2CCc3ccccc32)c1. The first-order chi connectivity index (χ1) is 16.3. The van der Waals surface area contributed by atoms with Crippen LogP contribution in [-0.4, -0.2) is 49.8 Å². The Labute approximate surface area is 202 Å². The summed E-state index contributed by atoms with van der Waals surface area (Å²) in [4.78, 5) is 4.38. The molecule has 4 rings (SSSR count). The highest BCUT2D eigenvalue weighted by molar-refractivity contribution is 7.89. The Morgan fingerprint density at radius 2 is 1.74 bits per heavy atom. The molecular weight excluding hydrogens is 450 g/mol. The number of nitrogens with zero attached hydrogens (tertiary/aromatic N) is 2. The van der Waals surface area contributed by atoms with Crippen molar-refractivity contribution in [3.05, 3.63) is 77.9 Å². The van der Waals surface area contributed by atoms with Crippen LogP contribution in [0.3, 0.4) is 0 Å². The Hall–Kier alpha value is -3.23. The van der Waals surface area contributed by atoms with Gasteiger partial charge in [-0.2, -0.15) is 0 Å². The molecule has 0 spiro atoms. The molecule has 34 heavy (non-hydrogen) atoms. The third kappa shape index (κ3) is 4.83. The number of nitrogens with one attached hydrogen (secondary N) is 1. The van der Waals surface area contributed by atoms with Gasteiger partial charge in [-0.05, 0) is 47.9 Å². The second-order valence-corrected chi connectivity index (χ2v) is 10.2. The smallest absolute Gasteiger partial charge is 0.244 e. The van der Waals surface area contributed by atoms with E-state index in [1.807, 2.05) is 31.1 Å². The Balaban J connectivity index is 1.67. The minimum absolute atomic E-state index is 0.0536. The zero-order valence-corrected chi connectivity index (χ0v) is 20.8. The first kappa shape index (κ1) is 23.9. The van der Waals surface area contributed by atoms with Gasteiger partial charge in [0.15, 0.2) is 0 Å². The molecule has 180 valence electrons. The van der Waals surface area contributed by atoms with Crippen LogP contribution < -0.4 is 24.0 Å². The van der Waals surface area contributed by atoms with Crippen LogP contribution in [0.25, 0.3) is 0 Å². The summed E-state index contributed by atoms with van der Waals surface area (Å²) in [6.45, 7) is 1.03. The summed E-state index contributed by atoms with van der Waals surface area (Å²) in [6.07, 6.45) is 0.929. The summed E-state index contributed by atoms with van der Waals surface area (Å²) >= 11 is 0. The first-order valence-corrected chi connectivity index (χ1v) is 12.7. The molecule has 1 aliphatic heterocycles.